The minimum atomic E-state index is -0.0970. The number of rotatable bonds is 6. The van der Waals surface area contributed by atoms with Crippen LogP contribution in [0.1, 0.15) is 16.8 Å². The fourth-order valence-corrected chi connectivity index (χ4v) is 3.41. The van der Waals surface area contributed by atoms with Gasteiger partial charge >= 0.3 is 0 Å². The van der Waals surface area contributed by atoms with Gasteiger partial charge in [-0.15, -0.1) is 0 Å². The standard InChI is InChI=1S/C16H19N3O2S/c20-16(18-6-9-19-7-1-2-8-19)13-3-5-17-15(11-13)21-14-4-10-22-12-14/h1-3,5,7-8,11,14H,4,6,9-10,12H2,(H,18,20)/t14-/m1/s1. The Morgan fingerprint density at radius 2 is 2.32 bits per heavy atom. The number of aromatic nitrogens is 2. The highest BCUT2D eigenvalue weighted by Crippen LogP contribution is 2.22. The molecule has 1 aliphatic rings. The van der Waals surface area contributed by atoms with Gasteiger partial charge in [-0.1, -0.05) is 0 Å². The number of nitrogens with zero attached hydrogens (tertiary/aromatic N) is 2. The normalized spacial score (nSPS) is 17.4. The molecular weight excluding hydrogens is 298 g/mol. The first-order valence-corrected chi connectivity index (χ1v) is 8.56. The maximum atomic E-state index is 12.2. The number of pyridine rings is 1. The Morgan fingerprint density at radius 3 is 3.09 bits per heavy atom. The highest BCUT2D eigenvalue weighted by molar-refractivity contribution is 7.99. The Kier molecular flexibility index (Phi) is 5.00. The van der Waals surface area contributed by atoms with E-state index in [1.165, 1.54) is 0 Å². The van der Waals surface area contributed by atoms with Gasteiger partial charge in [0.25, 0.3) is 5.91 Å². The van der Waals surface area contributed by atoms with Crippen LogP contribution in [0.2, 0.25) is 0 Å². The van der Waals surface area contributed by atoms with Crippen LogP contribution in [-0.4, -0.2) is 39.6 Å². The summed E-state index contributed by atoms with van der Waals surface area (Å²) >= 11 is 1.89. The van der Waals surface area contributed by atoms with Crippen molar-refractivity contribution in [2.75, 3.05) is 18.1 Å². The molecule has 6 heteroatoms. The van der Waals surface area contributed by atoms with Crippen molar-refractivity contribution in [3.8, 4) is 5.88 Å². The average molecular weight is 317 g/mol. The topological polar surface area (TPSA) is 56.2 Å². The Hall–Kier alpha value is -1.95. The first-order valence-electron chi connectivity index (χ1n) is 7.41. The molecular formula is C16H19N3O2S. The van der Waals surface area contributed by atoms with Crippen molar-refractivity contribution in [3.63, 3.8) is 0 Å². The molecule has 1 amide bonds. The smallest absolute Gasteiger partial charge is 0.251 e. The second-order valence-corrected chi connectivity index (χ2v) is 6.31. The summed E-state index contributed by atoms with van der Waals surface area (Å²) in [4.78, 5) is 16.3. The molecule has 0 radical (unpaired) electrons. The van der Waals surface area contributed by atoms with Crippen molar-refractivity contribution in [1.29, 1.82) is 0 Å². The quantitative estimate of drug-likeness (QED) is 0.887. The maximum absolute atomic E-state index is 12.2. The van der Waals surface area contributed by atoms with Gasteiger partial charge in [-0.2, -0.15) is 11.8 Å². The molecule has 116 valence electrons. The molecule has 1 saturated heterocycles. The molecule has 0 spiro atoms. The van der Waals surface area contributed by atoms with Crippen LogP contribution in [0.25, 0.3) is 0 Å². The molecule has 2 aromatic rings. The predicted octanol–water partition coefficient (Wildman–Crippen LogP) is 2.20. The summed E-state index contributed by atoms with van der Waals surface area (Å²) in [5, 5.41) is 2.91. The highest BCUT2D eigenvalue weighted by Gasteiger charge is 2.18. The molecule has 2 aromatic heterocycles. The van der Waals surface area contributed by atoms with Crippen molar-refractivity contribution in [2.45, 2.75) is 19.1 Å². The zero-order valence-electron chi connectivity index (χ0n) is 12.3. The zero-order chi connectivity index (χ0) is 15.2. The van der Waals surface area contributed by atoms with E-state index < -0.39 is 0 Å². The molecule has 0 saturated carbocycles. The molecule has 0 bridgehead atoms. The highest BCUT2D eigenvalue weighted by atomic mass is 32.2. The van der Waals surface area contributed by atoms with Gasteiger partial charge < -0.3 is 14.6 Å². The van der Waals surface area contributed by atoms with E-state index in [0.717, 1.165) is 24.5 Å². The van der Waals surface area contributed by atoms with Crippen LogP contribution in [0, 0.1) is 0 Å². The summed E-state index contributed by atoms with van der Waals surface area (Å²) in [7, 11) is 0. The summed E-state index contributed by atoms with van der Waals surface area (Å²) in [5.41, 5.74) is 0.586. The van der Waals surface area contributed by atoms with Gasteiger partial charge in [0.1, 0.15) is 6.10 Å². The van der Waals surface area contributed by atoms with Gasteiger partial charge in [0.15, 0.2) is 0 Å². The van der Waals surface area contributed by atoms with Crippen molar-refractivity contribution < 1.29 is 9.53 Å². The lowest BCUT2D eigenvalue weighted by atomic mass is 10.2. The summed E-state index contributed by atoms with van der Waals surface area (Å²) in [5.74, 6) is 2.56. The molecule has 1 aliphatic heterocycles. The Balaban J connectivity index is 1.52. The lowest BCUT2D eigenvalue weighted by molar-refractivity contribution is 0.0951. The molecule has 0 aromatic carbocycles. The van der Waals surface area contributed by atoms with Gasteiger partial charge in [-0.25, -0.2) is 4.98 Å². The summed E-state index contributed by atoms with van der Waals surface area (Å²) in [6.45, 7) is 1.35. The fourth-order valence-electron chi connectivity index (χ4n) is 2.31. The molecule has 3 heterocycles. The van der Waals surface area contributed by atoms with Crippen LogP contribution < -0.4 is 10.1 Å². The van der Waals surface area contributed by atoms with E-state index in [2.05, 4.69) is 10.3 Å². The molecule has 1 N–H and O–H groups in total. The fraction of sp³-hybridized carbons (Fsp3) is 0.375. The van der Waals surface area contributed by atoms with Gasteiger partial charge in [-0.05, 0) is 30.4 Å². The lowest BCUT2D eigenvalue weighted by Crippen LogP contribution is -2.27. The van der Waals surface area contributed by atoms with E-state index in [-0.39, 0.29) is 12.0 Å². The SMILES string of the molecule is O=C(NCCn1cccc1)c1ccnc(O[C@@H]2CCSC2)c1. The van der Waals surface area contributed by atoms with Crippen molar-refractivity contribution in [1.82, 2.24) is 14.9 Å². The van der Waals surface area contributed by atoms with Gasteiger partial charge in [0.2, 0.25) is 5.88 Å². The molecule has 0 aliphatic carbocycles. The second kappa shape index (κ2) is 7.35. The number of hydrogen-bond acceptors (Lipinski definition) is 4. The minimum absolute atomic E-state index is 0.0970. The minimum Gasteiger partial charge on any atom is -0.473 e. The zero-order valence-corrected chi connectivity index (χ0v) is 13.1. The van der Waals surface area contributed by atoms with Gasteiger partial charge in [-0.3, -0.25) is 4.79 Å². The number of hydrogen-bond donors (Lipinski definition) is 1. The molecule has 1 atom stereocenters. The predicted molar refractivity (Wildman–Crippen MR) is 87.4 cm³/mol. The van der Waals surface area contributed by atoms with E-state index in [4.69, 9.17) is 4.74 Å². The number of amides is 1. The summed E-state index contributed by atoms with van der Waals surface area (Å²) in [6, 6.07) is 7.36. The maximum Gasteiger partial charge on any atom is 0.251 e. The molecule has 5 nitrogen and oxygen atoms in total. The lowest BCUT2D eigenvalue weighted by Gasteiger charge is -2.12. The van der Waals surface area contributed by atoms with Crippen LogP contribution >= 0.6 is 11.8 Å². The third-order valence-corrected chi connectivity index (χ3v) is 4.63. The number of carbonyl (C=O) groups excluding carboxylic acids is 1. The third kappa shape index (κ3) is 4.04. The number of nitrogens with one attached hydrogen (secondary N) is 1. The van der Waals surface area contributed by atoms with Crippen LogP contribution in [0.3, 0.4) is 0 Å². The van der Waals surface area contributed by atoms with Crippen molar-refractivity contribution >= 4 is 17.7 Å². The number of thioether (sulfide) groups is 1. The van der Waals surface area contributed by atoms with E-state index in [1.54, 1.807) is 18.3 Å². The first-order chi connectivity index (χ1) is 10.8. The average Bonchev–Trinajstić information content (AvgIpc) is 3.21. The number of ether oxygens (including phenoxy) is 1. The van der Waals surface area contributed by atoms with Crippen LogP contribution in [0.15, 0.2) is 42.9 Å². The summed E-state index contributed by atoms with van der Waals surface area (Å²) in [6.07, 6.45) is 6.83. The second-order valence-electron chi connectivity index (χ2n) is 5.16. The molecule has 22 heavy (non-hydrogen) atoms. The van der Waals surface area contributed by atoms with Crippen molar-refractivity contribution in [3.05, 3.63) is 48.4 Å². The van der Waals surface area contributed by atoms with E-state index in [0.29, 0.717) is 18.0 Å². The Bertz CT molecular complexity index is 610. The van der Waals surface area contributed by atoms with E-state index in [9.17, 15) is 4.79 Å². The largest absolute Gasteiger partial charge is 0.473 e. The molecule has 0 unspecified atom stereocenters. The van der Waals surface area contributed by atoms with Gasteiger partial charge in [0, 0.05) is 49.1 Å². The molecule has 3 rings (SSSR count). The monoisotopic (exact) mass is 317 g/mol. The Labute approximate surface area is 134 Å². The van der Waals surface area contributed by atoms with Crippen LogP contribution in [0.4, 0.5) is 0 Å². The van der Waals surface area contributed by atoms with Crippen molar-refractivity contribution in [2.24, 2.45) is 0 Å². The van der Waals surface area contributed by atoms with Crippen LogP contribution in [-0.2, 0) is 6.54 Å². The van der Waals surface area contributed by atoms with E-state index >= 15 is 0 Å². The van der Waals surface area contributed by atoms with Gasteiger partial charge in [0.05, 0.1) is 0 Å². The Morgan fingerprint density at radius 1 is 1.45 bits per heavy atom. The summed E-state index contributed by atoms with van der Waals surface area (Å²) < 4.78 is 7.84. The van der Waals surface area contributed by atoms with E-state index in [1.807, 2.05) is 40.9 Å². The molecule has 1 fully saturated rings. The number of carbonyl (C=O) groups is 1. The van der Waals surface area contributed by atoms with Crippen LogP contribution in [0.5, 0.6) is 5.88 Å². The third-order valence-electron chi connectivity index (χ3n) is 3.49. The first kappa shape index (κ1) is 15.0.